The van der Waals surface area contributed by atoms with Crippen molar-refractivity contribution in [3.8, 4) is 5.75 Å². The highest BCUT2D eigenvalue weighted by Crippen LogP contribution is 2.47. The van der Waals surface area contributed by atoms with E-state index in [2.05, 4.69) is 10.1 Å². The second-order valence-corrected chi connectivity index (χ2v) is 7.51. The number of hydrogen-bond donors (Lipinski definition) is 1. The summed E-state index contributed by atoms with van der Waals surface area (Å²) in [4.78, 5) is 25.9. The number of hydrogen-bond acceptors (Lipinski definition) is 4. The van der Waals surface area contributed by atoms with E-state index in [0.29, 0.717) is 17.7 Å². The second kappa shape index (κ2) is 6.58. The van der Waals surface area contributed by atoms with E-state index in [1.54, 1.807) is 28.8 Å². The standard InChI is InChI=1S/C16H18F2N2O3S/c1-16-6-5-13(21)20(16)12(9-24-16)14(22)19-8-10-3-2-4-11(7-10)23-15(17)18/h2-4,7,12,15H,5-6,8-9H2,1H3,(H,19,22)/t12-,16-/m1/s1. The summed E-state index contributed by atoms with van der Waals surface area (Å²) in [7, 11) is 0. The Hall–Kier alpha value is -1.83. The predicted molar refractivity (Wildman–Crippen MR) is 85.7 cm³/mol. The molecule has 3 rings (SSSR count). The van der Waals surface area contributed by atoms with Gasteiger partial charge in [-0.05, 0) is 31.0 Å². The van der Waals surface area contributed by atoms with Crippen LogP contribution in [0.4, 0.5) is 8.78 Å². The van der Waals surface area contributed by atoms with Crippen LogP contribution in [0.3, 0.4) is 0 Å². The van der Waals surface area contributed by atoms with Crippen molar-refractivity contribution >= 4 is 23.6 Å². The molecular weight excluding hydrogens is 338 g/mol. The highest BCUT2D eigenvalue weighted by molar-refractivity contribution is 8.01. The molecule has 2 amide bonds. The van der Waals surface area contributed by atoms with E-state index in [9.17, 15) is 18.4 Å². The van der Waals surface area contributed by atoms with Gasteiger partial charge in [-0.25, -0.2) is 0 Å². The van der Waals surface area contributed by atoms with Crippen LogP contribution in [-0.4, -0.2) is 40.0 Å². The third-order valence-corrected chi connectivity index (χ3v) is 5.84. The molecule has 0 unspecified atom stereocenters. The fraction of sp³-hybridized carbons (Fsp3) is 0.500. The maximum atomic E-state index is 12.4. The van der Waals surface area contributed by atoms with E-state index in [4.69, 9.17) is 0 Å². The second-order valence-electron chi connectivity index (χ2n) is 6.01. The molecule has 1 N–H and O–H groups in total. The van der Waals surface area contributed by atoms with Crippen LogP contribution in [-0.2, 0) is 16.1 Å². The molecule has 0 aromatic heterocycles. The number of thioether (sulfide) groups is 1. The van der Waals surface area contributed by atoms with E-state index >= 15 is 0 Å². The topological polar surface area (TPSA) is 58.6 Å². The molecular formula is C16H18F2N2O3S. The third-order valence-electron chi connectivity index (χ3n) is 4.34. The Kier molecular flexibility index (Phi) is 4.67. The van der Waals surface area contributed by atoms with Gasteiger partial charge in [0, 0.05) is 18.7 Å². The minimum atomic E-state index is -2.88. The quantitative estimate of drug-likeness (QED) is 0.880. The molecule has 2 aliphatic rings. The monoisotopic (exact) mass is 356 g/mol. The van der Waals surface area contributed by atoms with Gasteiger partial charge in [0.2, 0.25) is 11.8 Å². The van der Waals surface area contributed by atoms with Crippen LogP contribution in [0.5, 0.6) is 5.75 Å². The first-order valence-electron chi connectivity index (χ1n) is 7.67. The molecule has 0 radical (unpaired) electrons. The summed E-state index contributed by atoms with van der Waals surface area (Å²) in [5.74, 6) is 0.412. The minimum absolute atomic E-state index is 0.00924. The molecule has 2 atom stereocenters. The summed E-state index contributed by atoms with van der Waals surface area (Å²) in [6.07, 6.45) is 1.23. The zero-order valence-corrected chi connectivity index (χ0v) is 13.9. The van der Waals surface area contributed by atoms with Crippen LogP contribution < -0.4 is 10.1 Å². The number of benzene rings is 1. The average molecular weight is 356 g/mol. The molecule has 1 aromatic carbocycles. The maximum Gasteiger partial charge on any atom is 0.387 e. The van der Waals surface area contributed by atoms with Gasteiger partial charge in [0.05, 0.1) is 4.87 Å². The summed E-state index contributed by atoms with van der Waals surface area (Å²) in [5, 5.41) is 2.78. The van der Waals surface area contributed by atoms with Gasteiger partial charge in [-0.15, -0.1) is 11.8 Å². The molecule has 5 nitrogen and oxygen atoms in total. The normalized spacial score (nSPS) is 25.9. The summed E-state index contributed by atoms with van der Waals surface area (Å²) in [6, 6.07) is 5.72. The molecule has 0 saturated carbocycles. The summed E-state index contributed by atoms with van der Waals surface area (Å²) < 4.78 is 28.8. The van der Waals surface area contributed by atoms with E-state index in [1.165, 1.54) is 12.1 Å². The molecule has 2 heterocycles. The van der Waals surface area contributed by atoms with Crippen molar-refractivity contribution in [2.75, 3.05) is 5.75 Å². The van der Waals surface area contributed by atoms with E-state index < -0.39 is 12.7 Å². The van der Waals surface area contributed by atoms with Gasteiger partial charge in [0.15, 0.2) is 0 Å². The first kappa shape index (κ1) is 17.0. The number of amides is 2. The van der Waals surface area contributed by atoms with Crippen molar-refractivity contribution in [1.29, 1.82) is 0 Å². The van der Waals surface area contributed by atoms with Crippen LogP contribution in [0.2, 0.25) is 0 Å². The zero-order chi connectivity index (χ0) is 17.3. The molecule has 24 heavy (non-hydrogen) atoms. The lowest BCUT2D eigenvalue weighted by Gasteiger charge is -2.29. The fourth-order valence-corrected chi connectivity index (χ4v) is 4.59. The summed E-state index contributed by atoms with van der Waals surface area (Å²) in [5.41, 5.74) is 0.655. The van der Waals surface area contributed by atoms with Crippen LogP contribution in [0.25, 0.3) is 0 Å². The Morgan fingerprint density at radius 2 is 2.33 bits per heavy atom. The van der Waals surface area contributed by atoms with Gasteiger partial charge in [-0.1, -0.05) is 12.1 Å². The average Bonchev–Trinajstić information content (AvgIpc) is 3.01. The summed E-state index contributed by atoms with van der Waals surface area (Å²) in [6.45, 7) is -0.704. The number of nitrogens with one attached hydrogen (secondary N) is 1. The highest BCUT2D eigenvalue weighted by Gasteiger charge is 2.52. The Balaban J connectivity index is 1.61. The van der Waals surface area contributed by atoms with Gasteiger partial charge in [0.25, 0.3) is 0 Å². The fourth-order valence-electron chi connectivity index (χ4n) is 3.15. The van der Waals surface area contributed by atoms with Gasteiger partial charge in [-0.3, -0.25) is 9.59 Å². The van der Waals surface area contributed by atoms with E-state index in [1.807, 2.05) is 6.92 Å². The number of carbonyl (C=O) groups excluding carboxylic acids is 2. The van der Waals surface area contributed by atoms with E-state index in [0.717, 1.165) is 6.42 Å². The Morgan fingerprint density at radius 1 is 1.54 bits per heavy atom. The molecule has 8 heteroatoms. The van der Waals surface area contributed by atoms with Crippen LogP contribution in [0, 0.1) is 0 Å². The lowest BCUT2D eigenvalue weighted by Crippen LogP contribution is -2.49. The first-order valence-corrected chi connectivity index (χ1v) is 8.65. The van der Waals surface area contributed by atoms with Crippen LogP contribution in [0.15, 0.2) is 24.3 Å². The summed E-state index contributed by atoms with van der Waals surface area (Å²) >= 11 is 1.63. The number of nitrogens with zero attached hydrogens (tertiary/aromatic N) is 1. The van der Waals surface area contributed by atoms with Gasteiger partial charge in [0.1, 0.15) is 11.8 Å². The molecule has 0 aliphatic carbocycles. The number of rotatable bonds is 5. The van der Waals surface area contributed by atoms with Crippen molar-refractivity contribution < 1.29 is 23.1 Å². The number of ether oxygens (including phenoxy) is 1. The highest BCUT2D eigenvalue weighted by atomic mass is 32.2. The van der Waals surface area contributed by atoms with Gasteiger partial charge < -0.3 is 15.0 Å². The minimum Gasteiger partial charge on any atom is -0.435 e. The SMILES string of the molecule is C[C@@]12CCC(=O)N1[C@@H](C(=O)NCc1cccc(OC(F)F)c1)CS2. The van der Waals surface area contributed by atoms with Crippen molar-refractivity contribution in [3.63, 3.8) is 0 Å². The lowest BCUT2D eigenvalue weighted by atomic mass is 10.2. The number of fused-ring (bicyclic) bond motifs is 1. The van der Waals surface area contributed by atoms with Crippen molar-refractivity contribution in [2.24, 2.45) is 0 Å². The predicted octanol–water partition coefficient (Wildman–Crippen LogP) is 2.36. The maximum absolute atomic E-state index is 12.4. The van der Waals surface area contributed by atoms with Crippen LogP contribution >= 0.6 is 11.8 Å². The van der Waals surface area contributed by atoms with Crippen molar-refractivity contribution in [1.82, 2.24) is 10.2 Å². The molecule has 0 bridgehead atoms. The Bertz CT molecular complexity index is 658. The Morgan fingerprint density at radius 3 is 3.08 bits per heavy atom. The molecule has 130 valence electrons. The van der Waals surface area contributed by atoms with Crippen molar-refractivity contribution in [2.45, 2.75) is 43.8 Å². The third kappa shape index (κ3) is 3.33. The first-order chi connectivity index (χ1) is 11.4. The number of carbonyl (C=O) groups is 2. The zero-order valence-electron chi connectivity index (χ0n) is 13.1. The van der Waals surface area contributed by atoms with Crippen LogP contribution in [0.1, 0.15) is 25.3 Å². The van der Waals surface area contributed by atoms with E-state index in [-0.39, 0.29) is 29.0 Å². The molecule has 2 aliphatic heterocycles. The lowest BCUT2D eigenvalue weighted by molar-refractivity contribution is -0.138. The Labute approximate surface area is 142 Å². The number of halogens is 2. The largest absolute Gasteiger partial charge is 0.435 e. The molecule has 0 spiro atoms. The molecule has 1 aromatic rings. The number of alkyl halides is 2. The smallest absolute Gasteiger partial charge is 0.387 e. The van der Waals surface area contributed by atoms with Crippen molar-refractivity contribution in [3.05, 3.63) is 29.8 Å². The van der Waals surface area contributed by atoms with Gasteiger partial charge >= 0.3 is 6.61 Å². The van der Waals surface area contributed by atoms with Gasteiger partial charge in [-0.2, -0.15) is 8.78 Å². The molecule has 2 fully saturated rings. The molecule has 2 saturated heterocycles.